The summed E-state index contributed by atoms with van der Waals surface area (Å²) in [6.07, 6.45) is 1.55. The largest absolute Gasteiger partial charge is 0.356 e. The van der Waals surface area contributed by atoms with Gasteiger partial charge in [-0.15, -0.1) is 11.3 Å². The Hall–Kier alpha value is -1.70. The lowest BCUT2D eigenvalue weighted by atomic mass is 10.0. The van der Waals surface area contributed by atoms with Gasteiger partial charge in [0, 0.05) is 16.8 Å². The van der Waals surface area contributed by atoms with Gasteiger partial charge in [-0.25, -0.2) is 8.42 Å². The maximum Gasteiger partial charge on any atom is 0.220 e. The van der Waals surface area contributed by atoms with E-state index in [4.69, 9.17) is 4.52 Å². The van der Waals surface area contributed by atoms with Crippen molar-refractivity contribution in [3.63, 3.8) is 0 Å². The first kappa shape index (κ1) is 15.8. The lowest BCUT2D eigenvalue weighted by Gasteiger charge is -2.34. The highest BCUT2D eigenvalue weighted by molar-refractivity contribution is 7.88. The molecule has 3 heterocycles. The van der Waals surface area contributed by atoms with Gasteiger partial charge in [-0.1, -0.05) is 24.2 Å². The van der Waals surface area contributed by atoms with E-state index < -0.39 is 10.0 Å². The predicted molar refractivity (Wildman–Crippen MR) is 94.4 cm³/mol. The zero-order valence-corrected chi connectivity index (χ0v) is 14.9. The zero-order chi connectivity index (χ0) is 16.7. The Morgan fingerprint density at radius 1 is 1.33 bits per heavy atom. The molecule has 0 fully saturated rings. The summed E-state index contributed by atoms with van der Waals surface area (Å²) in [6.45, 7) is 2.57. The van der Waals surface area contributed by atoms with Crippen LogP contribution in [0, 0.1) is 0 Å². The van der Waals surface area contributed by atoms with Crippen LogP contribution in [-0.2, 0) is 22.2 Å². The molecule has 5 nitrogen and oxygen atoms in total. The number of hydrogen-bond acceptors (Lipinski definition) is 5. The van der Waals surface area contributed by atoms with E-state index in [0.717, 1.165) is 23.8 Å². The third kappa shape index (κ3) is 2.56. The minimum atomic E-state index is -3.46. The van der Waals surface area contributed by atoms with Crippen molar-refractivity contribution in [3.8, 4) is 0 Å². The average molecular weight is 362 g/mol. The molecule has 1 aliphatic heterocycles. The van der Waals surface area contributed by atoms with Crippen molar-refractivity contribution >= 4 is 32.3 Å². The van der Waals surface area contributed by atoms with Crippen LogP contribution in [0.15, 0.2) is 40.2 Å². The van der Waals surface area contributed by atoms with Crippen molar-refractivity contribution < 1.29 is 12.9 Å². The number of rotatable bonds is 4. The van der Waals surface area contributed by atoms with Crippen LogP contribution < -0.4 is 0 Å². The molecule has 24 heavy (non-hydrogen) atoms. The molecule has 4 rings (SSSR count). The Kier molecular flexibility index (Phi) is 3.94. The Labute approximate surface area is 144 Å². The summed E-state index contributed by atoms with van der Waals surface area (Å²) in [5.41, 5.74) is 2.26. The second-order valence-electron chi connectivity index (χ2n) is 5.97. The van der Waals surface area contributed by atoms with E-state index >= 15 is 0 Å². The quantitative estimate of drug-likeness (QED) is 0.709. The van der Waals surface area contributed by atoms with Crippen LogP contribution in [0.2, 0.25) is 0 Å². The van der Waals surface area contributed by atoms with E-state index in [1.165, 1.54) is 4.88 Å². The lowest BCUT2D eigenvalue weighted by molar-refractivity contribution is 0.302. The molecule has 0 N–H and O–H groups in total. The number of nitrogens with zero attached hydrogens (tertiary/aromatic N) is 2. The third-order valence-electron chi connectivity index (χ3n) is 4.56. The number of para-hydroxylation sites is 1. The monoisotopic (exact) mass is 362 g/mol. The fourth-order valence-corrected chi connectivity index (χ4v) is 6.10. The molecular formula is C17H18N2O3S2. The summed E-state index contributed by atoms with van der Waals surface area (Å²) in [6, 6.07) is 9.34. The first-order valence-corrected chi connectivity index (χ1v) is 10.5. The number of benzene rings is 1. The molecule has 0 saturated heterocycles. The van der Waals surface area contributed by atoms with E-state index in [9.17, 15) is 8.42 Å². The molecule has 0 radical (unpaired) electrons. The predicted octanol–water partition coefficient (Wildman–Crippen LogP) is 3.73. The molecular weight excluding hydrogens is 344 g/mol. The fraction of sp³-hybridized carbons (Fsp3) is 0.353. The van der Waals surface area contributed by atoms with Crippen LogP contribution in [0.3, 0.4) is 0 Å². The minimum Gasteiger partial charge on any atom is -0.356 e. The van der Waals surface area contributed by atoms with Crippen molar-refractivity contribution in [2.45, 2.75) is 31.6 Å². The van der Waals surface area contributed by atoms with Gasteiger partial charge in [0.15, 0.2) is 5.58 Å². The number of aromatic nitrogens is 1. The molecule has 1 atom stereocenters. The van der Waals surface area contributed by atoms with Crippen LogP contribution in [0.25, 0.3) is 11.0 Å². The molecule has 0 aliphatic carbocycles. The number of hydrogen-bond donors (Lipinski definition) is 0. The summed E-state index contributed by atoms with van der Waals surface area (Å²) in [5, 5.41) is 6.80. The molecule has 7 heteroatoms. The van der Waals surface area contributed by atoms with Gasteiger partial charge in [-0.3, -0.25) is 0 Å². The number of sulfonamides is 1. The fourth-order valence-electron chi connectivity index (χ4n) is 3.43. The van der Waals surface area contributed by atoms with E-state index in [2.05, 4.69) is 16.6 Å². The van der Waals surface area contributed by atoms with E-state index in [1.807, 2.05) is 25.1 Å². The van der Waals surface area contributed by atoms with Crippen molar-refractivity contribution in [3.05, 3.63) is 51.8 Å². The highest BCUT2D eigenvalue weighted by atomic mass is 32.2. The molecule has 1 aliphatic rings. The Balaban J connectivity index is 1.68. The van der Waals surface area contributed by atoms with Crippen LogP contribution in [-0.4, -0.2) is 24.4 Å². The highest BCUT2D eigenvalue weighted by Crippen LogP contribution is 2.37. The van der Waals surface area contributed by atoms with E-state index in [0.29, 0.717) is 17.8 Å². The van der Waals surface area contributed by atoms with E-state index in [-0.39, 0.29) is 11.8 Å². The van der Waals surface area contributed by atoms with Crippen LogP contribution >= 0.6 is 11.3 Å². The summed E-state index contributed by atoms with van der Waals surface area (Å²) in [5.74, 6) is -0.125. The van der Waals surface area contributed by atoms with Gasteiger partial charge < -0.3 is 4.52 Å². The van der Waals surface area contributed by atoms with Gasteiger partial charge in [-0.05, 0) is 42.0 Å². The highest BCUT2D eigenvalue weighted by Gasteiger charge is 2.35. The van der Waals surface area contributed by atoms with Crippen molar-refractivity contribution in [2.75, 3.05) is 6.54 Å². The topological polar surface area (TPSA) is 63.4 Å². The number of thiophene rings is 1. The van der Waals surface area contributed by atoms with Crippen LogP contribution in [0.5, 0.6) is 0 Å². The van der Waals surface area contributed by atoms with Gasteiger partial charge in [0.25, 0.3) is 0 Å². The van der Waals surface area contributed by atoms with Gasteiger partial charge >= 0.3 is 0 Å². The second-order valence-corrected chi connectivity index (χ2v) is 8.89. The Morgan fingerprint density at radius 3 is 3.00 bits per heavy atom. The maximum atomic E-state index is 13.0. The zero-order valence-electron chi connectivity index (χ0n) is 13.3. The smallest absolute Gasteiger partial charge is 0.220 e. The molecule has 0 amide bonds. The Morgan fingerprint density at radius 2 is 2.17 bits per heavy atom. The van der Waals surface area contributed by atoms with Crippen molar-refractivity contribution in [2.24, 2.45) is 0 Å². The minimum absolute atomic E-state index is 0.0804. The van der Waals surface area contributed by atoms with Crippen molar-refractivity contribution in [1.82, 2.24) is 9.46 Å². The number of fused-ring (bicyclic) bond motifs is 2. The maximum absolute atomic E-state index is 13.0. The third-order valence-corrected chi connectivity index (χ3v) is 7.35. The van der Waals surface area contributed by atoms with E-state index in [1.54, 1.807) is 21.7 Å². The molecule has 0 spiro atoms. The molecule has 1 aromatic carbocycles. The van der Waals surface area contributed by atoms with Crippen molar-refractivity contribution in [1.29, 1.82) is 0 Å². The molecule has 0 saturated carbocycles. The molecule has 1 unspecified atom stereocenters. The SMILES string of the molecule is CCC1c2ccsc2CCN1S(=O)(=O)Cc1noc2ccccc12. The standard InChI is InChI=1S/C17H18N2O3S2/c1-2-15-13-8-10-23-17(13)7-9-19(15)24(20,21)11-14-12-5-3-4-6-16(12)22-18-14/h3-6,8,10,15H,2,7,9,11H2,1H3. The first-order chi connectivity index (χ1) is 11.6. The second kappa shape index (κ2) is 5.98. The van der Waals surface area contributed by atoms with Crippen LogP contribution in [0.4, 0.5) is 0 Å². The van der Waals surface area contributed by atoms with Gasteiger partial charge in [0.1, 0.15) is 11.4 Å². The average Bonchev–Trinajstić information content (AvgIpc) is 3.21. The summed E-state index contributed by atoms with van der Waals surface area (Å²) in [4.78, 5) is 1.31. The molecule has 0 bridgehead atoms. The Bertz CT molecular complexity index is 975. The summed E-state index contributed by atoms with van der Waals surface area (Å²) >= 11 is 1.72. The summed E-state index contributed by atoms with van der Waals surface area (Å²) < 4.78 is 33.0. The normalized spacial score (nSPS) is 18.8. The van der Waals surface area contributed by atoms with Gasteiger partial charge in [0.05, 0.1) is 6.04 Å². The molecule has 2 aromatic heterocycles. The molecule has 126 valence electrons. The van der Waals surface area contributed by atoms with Crippen LogP contribution in [0.1, 0.15) is 35.5 Å². The summed E-state index contributed by atoms with van der Waals surface area (Å²) in [7, 11) is -3.46. The molecule has 3 aromatic rings. The van der Waals surface area contributed by atoms with Gasteiger partial charge in [-0.2, -0.15) is 4.31 Å². The first-order valence-electron chi connectivity index (χ1n) is 7.99. The van der Waals surface area contributed by atoms with Gasteiger partial charge in [0.2, 0.25) is 10.0 Å². The lowest BCUT2D eigenvalue weighted by Crippen LogP contribution is -2.40.